The first kappa shape index (κ1) is 22.1. The van der Waals surface area contributed by atoms with Gasteiger partial charge in [0.2, 0.25) is 15.9 Å². The highest BCUT2D eigenvalue weighted by Gasteiger charge is 2.23. The number of amides is 1. The van der Waals surface area contributed by atoms with Crippen LogP contribution in [0, 0.1) is 34.6 Å². The highest BCUT2D eigenvalue weighted by atomic mass is 32.2. The summed E-state index contributed by atoms with van der Waals surface area (Å²) in [6, 6.07) is 0. The molecule has 0 aliphatic heterocycles. The van der Waals surface area contributed by atoms with Gasteiger partial charge < -0.3 is 10.4 Å². The summed E-state index contributed by atoms with van der Waals surface area (Å²) in [7, 11) is -3.72. The molecule has 0 unspecified atom stereocenters. The summed E-state index contributed by atoms with van der Waals surface area (Å²) in [5.41, 5.74) is 4.42. The zero-order chi connectivity index (χ0) is 20.1. The van der Waals surface area contributed by atoms with Crippen molar-refractivity contribution in [1.82, 2.24) is 10.0 Å². The van der Waals surface area contributed by atoms with Gasteiger partial charge in [0.05, 0.1) is 4.90 Å². The number of hydrogen-bond donors (Lipinski definition) is 3. The molecule has 146 valence electrons. The van der Waals surface area contributed by atoms with Gasteiger partial charge in [0, 0.05) is 25.9 Å². The van der Waals surface area contributed by atoms with E-state index in [2.05, 4.69) is 10.0 Å². The van der Waals surface area contributed by atoms with E-state index in [9.17, 15) is 18.0 Å². The molecule has 3 N–H and O–H groups in total. The van der Waals surface area contributed by atoms with Crippen LogP contribution in [0.4, 0.5) is 0 Å². The SMILES string of the molecule is Cc1c(C)c(C)c(S(=O)(=O)NCCC(=O)NCCCC(=O)O)c(C)c1C. The summed E-state index contributed by atoms with van der Waals surface area (Å²) in [5.74, 6) is -1.23. The fourth-order valence-electron chi connectivity index (χ4n) is 2.80. The lowest BCUT2D eigenvalue weighted by atomic mass is 9.95. The van der Waals surface area contributed by atoms with Gasteiger partial charge >= 0.3 is 5.97 Å². The average molecular weight is 384 g/mol. The Hall–Kier alpha value is -1.93. The predicted octanol–water partition coefficient (Wildman–Crippen LogP) is 1.88. The fraction of sp³-hybridized carbons (Fsp3) is 0.556. The Morgan fingerprint density at radius 2 is 1.35 bits per heavy atom. The predicted molar refractivity (Wildman–Crippen MR) is 99.8 cm³/mol. The Morgan fingerprint density at radius 3 is 1.85 bits per heavy atom. The van der Waals surface area contributed by atoms with Crippen molar-refractivity contribution >= 4 is 21.9 Å². The van der Waals surface area contributed by atoms with Gasteiger partial charge in [-0.05, 0) is 68.9 Å². The minimum Gasteiger partial charge on any atom is -0.481 e. The molecule has 0 aliphatic rings. The molecule has 26 heavy (non-hydrogen) atoms. The van der Waals surface area contributed by atoms with Gasteiger partial charge in [-0.15, -0.1) is 0 Å². The van der Waals surface area contributed by atoms with Gasteiger partial charge in [0.15, 0.2) is 0 Å². The molecule has 0 heterocycles. The molecule has 0 spiro atoms. The Balaban J connectivity index is 2.71. The van der Waals surface area contributed by atoms with Crippen molar-refractivity contribution in [3.8, 4) is 0 Å². The molecule has 8 heteroatoms. The third-order valence-electron chi connectivity index (χ3n) is 4.73. The Kier molecular flexibility index (Phi) is 7.77. The van der Waals surface area contributed by atoms with Crippen molar-refractivity contribution in [2.75, 3.05) is 13.1 Å². The number of carbonyl (C=O) groups is 2. The molecule has 1 rings (SSSR count). The first-order valence-corrected chi connectivity index (χ1v) is 10.0. The van der Waals surface area contributed by atoms with Gasteiger partial charge in [0.1, 0.15) is 0 Å². The Labute approximate surface area is 155 Å². The molecule has 1 amide bonds. The topological polar surface area (TPSA) is 113 Å². The number of carboxylic acids is 1. The number of hydrogen-bond acceptors (Lipinski definition) is 4. The molecule has 1 aromatic rings. The maximum Gasteiger partial charge on any atom is 0.303 e. The molecular formula is C18H28N2O5S. The van der Waals surface area contributed by atoms with Crippen molar-refractivity contribution in [2.24, 2.45) is 0 Å². The first-order valence-electron chi connectivity index (χ1n) is 8.54. The smallest absolute Gasteiger partial charge is 0.303 e. The Bertz CT molecular complexity index is 771. The second-order valence-corrected chi connectivity index (χ2v) is 8.15. The highest BCUT2D eigenvalue weighted by Crippen LogP contribution is 2.29. The number of sulfonamides is 1. The fourth-order valence-corrected chi connectivity index (χ4v) is 4.42. The van der Waals surface area contributed by atoms with E-state index in [0.29, 0.717) is 6.42 Å². The third-order valence-corrected chi connectivity index (χ3v) is 6.47. The van der Waals surface area contributed by atoms with Crippen molar-refractivity contribution in [3.63, 3.8) is 0 Å². The summed E-state index contributed by atoms with van der Waals surface area (Å²) in [6.07, 6.45) is 0.318. The molecule has 0 fully saturated rings. The molecule has 0 bridgehead atoms. The number of benzene rings is 1. The van der Waals surface area contributed by atoms with Crippen molar-refractivity contribution < 1.29 is 23.1 Å². The maximum atomic E-state index is 12.7. The lowest BCUT2D eigenvalue weighted by Crippen LogP contribution is -2.32. The number of aliphatic carboxylic acids is 1. The van der Waals surface area contributed by atoms with Crippen molar-refractivity contribution in [2.45, 2.75) is 58.8 Å². The molecule has 1 aromatic carbocycles. The lowest BCUT2D eigenvalue weighted by molar-refractivity contribution is -0.137. The quantitative estimate of drug-likeness (QED) is 0.563. The van der Waals surface area contributed by atoms with Crippen LogP contribution < -0.4 is 10.0 Å². The number of carbonyl (C=O) groups excluding carboxylic acids is 1. The molecule has 7 nitrogen and oxygen atoms in total. The zero-order valence-electron chi connectivity index (χ0n) is 16.0. The van der Waals surface area contributed by atoms with E-state index in [1.807, 2.05) is 20.8 Å². The van der Waals surface area contributed by atoms with Gasteiger partial charge in [-0.25, -0.2) is 13.1 Å². The average Bonchev–Trinajstić information content (AvgIpc) is 2.54. The number of nitrogens with one attached hydrogen (secondary N) is 2. The first-order chi connectivity index (χ1) is 12.0. The van der Waals surface area contributed by atoms with Gasteiger partial charge in [-0.3, -0.25) is 9.59 Å². The van der Waals surface area contributed by atoms with E-state index >= 15 is 0 Å². The van der Waals surface area contributed by atoms with Crippen LogP contribution in [-0.2, 0) is 19.6 Å². The highest BCUT2D eigenvalue weighted by molar-refractivity contribution is 7.89. The van der Waals surface area contributed by atoms with Gasteiger partial charge in [0.25, 0.3) is 0 Å². The number of rotatable bonds is 9. The van der Waals surface area contributed by atoms with Gasteiger partial charge in [-0.1, -0.05) is 0 Å². The van der Waals surface area contributed by atoms with E-state index in [1.54, 1.807) is 13.8 Å². The maximum absolute atomic E-state index is 12.7. The summed E-state index contributed by atoms with van der Waals surface area (Å²) in [4.78, 5) is 22.4. The van der Waals surface area contributed by atoms with Crippen LogP contribution in [0.3, 0.4) is 0 Å². The molecule has 0 saturated carbocycles. The Morgan fingerprint density at radius 1 is 0.846 bits per heavy atom. The largest absolute Gasteiger partial charge is 0.481 e. The minimum absolute atomic E-state index is 0.00573. The van der Waals surface area contributed by atoms with Crippen LogP contribution in [-0.4, -0.2) is 38.5 Å². The van der Waals surface area contributed by atoms with Crippen LogP contribution in [0.2, 0.25) is 0 Å². The van der Waals surface area contributed by atoms with E-state index < -0.39 is 16.0 Å². The summed E-state index contributed by atoms with van der Waals surface area (Å²) >= 11 is 0. The molecule has 0 aromatic heterocycles. The van der Waals surface area contributed by atoms with Gasteiger partial charge in [-0.2, -0.15) is 0 Å². The standard InChI is InChI=1S/C18H28N2O5S/c1-11-12(2)14(4)18(15(5)13(11)3)26(24,25)20-10-8-16(21)19-9-6-7-17(22)23/h20H,6-10H2,1-5H3,(H,19,21)(H,22,23). The van der Waals surface area contributed by atoms with E-state index in [4.69, 9.17) is 5.11 Å². The van der Waals surface area contributed by atoms with Crippen LogP contribution >= 0.6 is 0 Å². The van der Waals surface area contributed by atoms with Crippen LogP contribution in [0.5, 0.6) is 0 Å². The normalized spacial score (nSPS) is 11.4. The monoisotopic (exact) mass is 384 g/mol. The molecule has 0 radical (unpaired) electrons. The third kappa shape index (κ3) is 5.54. The van der Waals surface area contributed by atoms with E-state index in [0.717, 1.165) is 27.8 Å². The second-order valence-electron chi connectivity index (χ2n) is 6.45. The molecular weight excluding hydrogens is 356 g/mol. The van der Waals surface area contributed by atoms with Crippen molar-refractivity contribution in [1.29, 1.82) is 0 Å². The van der Waals surface area contributed by atoms with Crippen LogP contribution in [0.25, 0.3) is 0 Å². The summed E-state index contributed by atoms with van der Waals surface area (Å²) in [5, 5.41) is 11.1. The summed E-state index contributed by atoms with van der Waals surface area (Å²) in [6.45, 7) is 9.60. The van der Waals surface area contributed by atoms with E-state index in [1.165, 1.54) is 0 Å². The molecule has 0 saturated heterocycles. The lowest BCUT2D eigenvalue weighted by Gasteiger charge is -2.19. The molecule has 0 aliphatic carbocycles. The molecule has 0 atom stereocenters. The van der Waals surface area contributed by atoms with Crippen LogP contribution in [0.15, 0.2) is 4.90 Å². The second kappa shape index (κ2) is 9.14. The summed E-state index contributed by atoms with van der Waals surface area (Å²) < 4.78 is 27.9. The van der Waals surface area contributed by atoms with E-state index in [-0.39, 0.29) is 36.7 Å². The zero-order valence-corrected chi connectivity index (χ0v) is 16.8. The van der Waals surface area contributed by atoms with Crippen molar-refractivity contribution in [3.05, 3.63) is 27.8 Å². The number of carboxylic acid groups (broad SMARTS) is 1. The van der Waals surface area contributed by atoms with Crippen LogP contribution in [0.1, 0.15) is 47.1 Å². The minimum atomic E-state index is -3.72.